The summed E-state index contributed by atoms with van der Waals surface area (Å²) in [5, 5.41) is 0. The lowest BCUT2D eigenvalue weighted by Crippen LogP contribution is -2.42. The molecule has 25 heavy (non-hydrogen) atoms. The summed E-state index contributed by atoms with van der Waals surface area (Å²) < 4.78 is 10.0. The maximum Gasteiger partial charge on any atom is 0.333 e. The van der Waals surface area contributed by atoms with Crippen LogP contribution < -0.4 is 15.4 Å². The number of rotatable bonds is 6. The van der Waals surface area contributed by atoms with E-state index in [1.54, 1.807) is 55.6 Å². The van der Waals surface area contributed by atoms with Gasteiger partial charge in [-0.2, -0.15) is 0 Å². The summed E-state index contributed by atoms with van der Waals surface area (Å²) in [6.45, 7) is -0.224. The number of hydrogen-bond acceptors (Lipinski definition) is 5. The van der Waals surface area contributed by atoms with Crippen LogP contribution in [-0.2, 0) is 14.3 Å². The van der Waals surface area contributed by atoms with Crippen LogP contribution >= 0.6 is 12.4 Å². The van der Waals surface area contributed by atoms with Crippen LogP contribution in [0.15, 0.2) is 54.6 Å². The molecule has 0 aliphatic carbocycles. The number of amides is 1. The molecular weight excluding hydrogens is 344 g/mol. The molecular formula is C18H21ClN2O4. The van der Waals surface area contributed by atoms with Gasteiger partial charge < -0.3 is 15.2 Å². The highest BCUT2D eigenvalue weighted by Gasteiger charge is 2.32. The number of halogens is 1. The van der Waals surface area contributed by atoms with Gasteiger partial charge in [0.05, 0.1) is 20.8 Å². The highest BCUT2D eigenvalue weighted by Crippen LogP contribution is 2.29. The summed E-state index contributed by atoms with van der Waals surface area (Å²) in [5.41, 5.74) is 6.72. The normalized spacial score (nSPS) is 11.0. The lowest BCUT2D eigenvalue weighted by atomic mass is 10.0. The number of hydrogen-bond donors (Lipinski definition) is 1. The van der Waals surface area contributed by atoms with E-state index < -0.39 is 12.0 Å². The van der Waals surface area contributed by atoms with Crippen molar-refractivity contribution in [2.45, 2.75) is 6.04 Å². The van der Waals surface area contributed by atoms with Crippen LogP contribution in [0.2, 0.25) is 0 Å². The fourth-order valence-corrected chi connectivity index (χ4v) is 2.41. The third kappa shape index (κ3) is 4.71. The number of anilines is 1. The number of ether oxygens (including phenoxy) is 2. The zero-order chi connectivity index (χ0) is 17.5. The molecule has 0 aliphatic heterocycles. The van der Waals surface area contributed by atoms with Gasteiger partial charge in [0.25, 0.3) is 0 Å². The summed E-state index contributed by atoms with van der Waals surface area (Å²) in [6.07, 6.45) is 0. The van der Waals surface area contributed by atoms with Crippen molar-refractivity contribution in [1.29, 1.82) is 0 Å². The average Bonchev–Trinajstić information content (AvgIpc) is 2.65. The molecule has 0 fully saturated rings. The van der Waals surface area contributed by atoms with Gasteiger partial charge in [0, 0.05) is 5.69 Å². The topological polar surface area (TPSA) is 81.9 Å². The highest BCUT2D eigenvalue weighted by atomic mass is 35.5. The van der Waals surface area contributed by atoms with Gasteiger partial charge in [-0.25, -0.2) is 4.79 Å². The molecule has 2 aromatic rings. The fraction of sp³-hybridized carbons (Fsp3) is 0.222. The largest absolute Gasteiger partial charge is 0.497 e. The Kier molecular flexibility index (Phi) is 7.91. The van der Waals surface area contributed by atoms with Crippen molar-refractivity contribution in [3.63, 3.8) is 0 Å². The molecule has 0 radical (unpaired) electrons. The molecule has 2 rings (SSSR count). The monoisotopic (exact) mass is 364 g/mol. The predicted octanol–water partition coefficient (Wildman–Crippen LogP) is 2.32. The maximum absolute atomic E-state index is 12.4. The zero-order valence-corrected chi connectivity index (χ0v) is 14.9. The van der Waals surface area contributed by atoms with Crippen LogP contribution in [0.4, 0.5) is 5.69 Å². The van der Waals surface area contributed by atoms with Crippen LogP contribution in [0, 0.1) is 0 Å². The predicted molar refractivity (Wildman–Crippen MR) is 98.0 cm³/mol. The third-order valence-corrected chi connectivity index (χ3v) is 3.59. The van der Waals surface area contributed by atoms with Crippen LogP contribution in [0.5, 0.6) is 5.75 Å². The summed E-state index contributed by atoms with van der Waals surface area (Å²) in [4.78, 5) is 26.2. The molecule has 0 heterocycles. The Labute approximate surface area is 152 Å². The molecule has 0 bridgehead atoms. The smallest absolute Gasteiger partial charge is 0.333 e. The molecule has 0 spiro atoms. The highest BCUT2D eigenvalue weighted by molar-refractivity contribution is 6.00. The lowest BCUT2D eigenvalue weighted by Gasteiger charge is -2.30. The van der Waals surface area contributed by atoms with Crippen molar-refractivity contribution in [3.05, 3.63) is 60.2 Å². The van der Waals surface area contributed by atoms with E-state index in [1.807, 2.05) is 6.07 Å². The van der Waals surface area contributed by atoms with Gasteiger partial charge in [-0.3, -0.25) is 9.69 Å². The van der Waals surface area contributed by atoms with Crippen molar-refractivity contribution < 1.29 is 19.1 Å². The molecule has 0 unspecified atom stereocenters. The van der Waals surface area contributed by atoms with Gasteiger partial charge in [0.15, 0.2) is 6.04 Å². The molecule has 1 amide bonds. The Morgan fingerprint density at radius 1 is 1.04 bits per heavy atom. The number of nitrogens with zero attached hydrogens (tertiary/aromatic N) is 1. The minimum absolute atomic E-state index is 0. The standard InChI is InChI=1S/C18H20N2O4.ClH/c1-23-15-10-8-13(9-11-15)17(18(22)24-2)20(16(21)12-19)14-6-4-3-5-7-14;/h3-11,17H,12,19H2,1-2H3;1H/t17-;/m0./s1. The lowest BCUT2D eigenvalue weighted by molar-refractivity contribution is -0.143. The van der Waals surface area contributed by atoms with Crippen molar-refractivity contribution in [3.8, 4) is 5.75 Å². The quantitative estimate of drug-likeness (QED) is 0.795. The molecule has 2 N–H and O–H groups in total. The molecule has 0 saturated carbocycles. The Balaban J connectivity index is 0.00000312. The summed E-state index contributed by atoms with van der Waals surface area (Å²) in [6, 6.07) is 14.8. The Bertz CT molecular complexity index is 692. The summed E-state index contributed by atoms with van der Waals surface area (Å²) >= 11 is 0. The van der Waals surface area contributed by atoms with Crippen molar-refractivity contribution in [2.24, 2.45) is 5.73 Å². The number of carbonyl (C=O) groups is 2. The SMILES string of the molecule is COC(=O)[C@H](c1ccc(OC)cc1)N(C(=O)CN)c1ccccc1.Cl. The van der Waals surface area contributed by atoms with Crippen molar-refractivity contribution in [2.75, 3.05) is 25.7 Å². The Morgan fingerprint density at radius 2 is 1.64 bits per heavy atom. The average molecular weight is 365 g/mol. The summed E-state index contributed by atoms with van der Waals surface area (Å²) in [5.74, 6) is -0.281. The molecule has 0 saturated heterocycles. The zero-order valence-electron chi connectivity index (χ0n) is 14.0. The van der Waals surface area contributed by atoms with Gasteiger partial charge >= 0.3 is 5.97 Å². The third-order valence-electron chi connectivity index (χ3n) is 3.59. The van der Waals surface area contributed by atoms with E-state index in [2.05, 4.69) is 0 Å². The second-order valence-corrected chi connectivity index (χ2v) is 5.00. The first-order chi connectivity index (χ1) is 11.6. The molecule has 2 aromatic carbocycles. The fourth-order valence-electron chi connectivity index (χ4n) is 2.41. The molecule has 0 aliphatic rings. The van der Waals surface area contributed by atoms with E-state index >= 15 is 0 Å². The van der Waals surface area contributed by atoms with Crippen LogP contribution in [-0.4, -0.2) is 32.6 Å². The van der Waals surface area contributed by atoms with E-state index in [9.17, 15) is 9.59 Å². The van der Waals surface area contributed by atoms with Crippen LogP contribution in [0.25, 0.3) is 0 Å². The maximum atomic E-state index is 12.4. The minimum Gasteiger partial charge on any atom is -0.497 e. The summed E-state index contributed by atoms with van der Waals surface area (Å²) in [7, 11) is 2.84. The number of benzene rings is 2. The van der Waals surface area contributed by atoms with Crippen LogP contribution in [0.3, 0.4) is 0 Å². The van der Waals surface area contributed by atoms with Gasteiger partial charge in [-0.15, -0.1) is 12.4 Å². The molecule has 6 nitrogen and oxygen atoms in total. The molecule has 7 heteroatoms. The molecule has 134 valence electrons. The minimum atomic E-state index is -0.931. The van der Waals surface area contributed by atoms with Crippen LogP contribution in [0.1, 0.15) is 11.6 Å². The first-order valence-corrected chi connectivity index (χ1v) is 7.41. The van der Waals surface area contributed by atoms with Crippen molar-refractivity contribution >= 4 is 30.0 Å². The van der Waals surface area contributed by atoms with Crippen molar-refractivity contribution in [1.82, 2.24) is 0 Å². The number of carbonyl (C=O) groups excluding carboxylic acids is 2. The second kappa shape index (κ2) is 9.66. The second-order valence-electron chi connectivity index (χ2n) is 5.00. The van der Waals surface area contributed by atoms with Gasteiger partial charge in [-0.05, 0) is 29.8 Å². The Hall–Kier alpha value is -2.57. The van der Waals surface area contributed by atoms with Gasteiger partial charge in [0.2, 0.25) is 5.91 Å². The Morgan fingerprint density at radius 3 is 2.12 bits per heavy atom. The van der Waals surface area contributed by atoms with E-state index in [4.69, 9.17) is 15.2 Å². The number of para-hydroxylation sites is 1. The first kappa shape index (κ1) is 20.5. The van der Waals surface area contributed by atoms with Gasteiger partial charge in [0.1, 0.15) is 5.75 Å². The number of nitrogens with two attached hydrogens (primary N) is 1. The first-order valence-electron chi connectivity index (χ1n) is 7.41. The number of methoxy groups -OCH3 is 2. The van der Waals surface area contributed by atoms with Gasteiger partial charge in [-0.1, -0.05) is 30.3 Å². The number of esters is 1. The van der Waals surface area contributed by atoms with E-state index in [-0.39, 0.29) is 24.9 Å². The van der Waals surface area contributed by atoms with E-state index in [0.29, 0.717) is 17.0 Å². The van der Waals surface area contributed by atoms with E-state index in [0.717, 1.165) is 0 Å². The van der Waals surface area contributed by atoms with E-state index in [1.165, 1.54) is 12.0 Å². The molecule has 0 aromatic heterocycles. The molecule has 1 atom stereocenters.